The molecule has 0 bridgehead atoms. The maximum Gasteiger partial charge on any atom is 0.339 e. The second-order valence-electron chi connectivity index (χ2n) is 8.79. The van der Waals surface area contributed by atoms with Crippen molar-refractivity contribution in [1.29, 1.82) is 0 Å². The number of carbonyl (C=O) groups is 3. The number of amides is 2. The number of anilines is 1. The summed E-state index contributed by atoms with van der Waals surface area (Å²) in [5.74, 6) is -0.411. The Labute approximate surface area is 207 Å². The molecule has 4 aromatic rings. The van der Waals surface area contributed by atoms with E-state index in [-0.39, 0.29) is 41.6 Å². The van der Waals surface area contributed by atoms with Crippen molar-refractivity contribution in [3.63, 3.8) is 0 Å². The average molecular weight is 484 g/mol. The van der Waals surface area contributed by atoms with E-state index >= 15 is 0 Å². The molecule has 0 radical (unpaired) electrons. The molecule has 5 rings (SSSR count). The lowest BCUT2D eigenvalue weighted by Gasteiger charge is -2.36. The number of hydrogen-bond donors (Lipinski definition) is 2. The number of benzene rings is 2. The minimum atomic E-state index is -0.499. The summed E-state index contributed by atoms with van der Waals surface area (Å²) in [6.07, 6.45) is 6.59. The number of ether oxygens (including phenoxy) is 1. The SMILES string of the molecule is COC(=O)c1ccc(C(=O)NC2CC(n3cnc(NC(=O)Cc4cccc5ccccc45)c3)C2)nc1. The van der Waals surface area contributed by atoms with E-state index in [0.717, 1.165) is 29.2 Å². The van der Waals surface area contributed by atoms with Gasteiger partial charge in [-0.1, -0.05) is 42.5 Å². The second-order valence-corrected chi connectivity index (χ2v) is 8.79. The standard InChI is InChI=1S/C27H25N5O4/c1-36-27(35)19-9-10-23(28-14-19)26(34)30-20-12-21(13-20)32-15-24(29-16-32)31-25(33)11-18-7-4-6-17-5-2-3-8-22(17)18/h2-10,14-16,20-21H,11-13H2,1H3,(H,30,34)(H,31,33). The van der Waals surface area contributed by atoms with E-state index in [9.17, 15) is 14.4 Å². The quantitative estimate of drug-likeness (QED) is 0.389. The highest BCUT2D eigenvalue weighted by molar-refractivity contribution is 5.96. The Bertz CT molecular complexity index is 1420. The van der Waals surface area contributed by atoms with Gasteiger partial charge in [0.25, 0.3) is 5.91 Å². The predicted octanol–water partition coefficient (Wildman–Crippen LogP) is 3.53. The smallest absolute Gasteiger partial charge is 0.339 e. The van der Waals surface area contributed by atoms with Gasteiger partial charge < -0.3 is 19.9 Å². The molecule has 2 amide bonds. The molecule has 0 atom stereocenters. The molecule has 0 unspecified atom stereocenters. The average Bonchev–Trinajstić information content (AvgIpc) is 3.33. The highest BCUT2D eigenvalue weighted by Crippen LogP contribution is 2.33. The van der Waals surface area contributed by atoms with Gasteiger partial charge in [-0.25, -0.2) is 9.78 Å². The normalized spacial score (nSPS) is 16.7. The van der Waals surface area contributed by atoms with E-state index in [1.165, 1.54) is 25.4 Å². The number of nitrogens with one attached hydrogen (secondary N) is 2. The lowest BCUT2D eigenvalue weighted by atomic mass is 9.86. The van der Waals surface area contributed by atoms with Crippen LogP contribution in [0.25, 0.3) is 10.8 Å². The zero-order valence-corrected chi connectivity index (χ0v) is 19.7. The highest BCUT2D eigenvalue weighted by atomic mass is 16.5. The van der Waals surface area contributed by atoms with Crippen LogP contribution in [-0.4, -0.2) is 45.5 Å². The van der Waals surface area contributed by atoms with Crippen LogP contribution in [0.1, 0.15) is 45.3 Å². The molecule has 2 aromatic heterocycles. The van der Waals surface area contributed by atoms with Crippen molar-refractivity contribution < 1.29 is 19.1 Å². The van der Waals surface area contributed by atoms with Crippen LogP contribution in [0.15, 0.2) is 73.3 Å². The van der Waals surface area contributed by atoms with E-state index < -0.39 is 5.97 Å². The van der Waals surface area contributed by atoms with Crippen LogP contribution in [0.3, 0.4) is 0 Å². The van der Waals surface area contributed by atoms with Gasteiger partial charge in [0.05, 0.1) is 25.4 Å². The van der Waals surface area contributed by atoms with E-state index in [1.807, 2.05) is 53.2 Å². The summed E-state index contributed by atoms with van der Waals surface area (Å²) < 4.78 is 6.59. The van der Waals surface area contributed by atoms with E-state index in [1.54, 1.807) is 6.33 Å². The lowest BCUT2D eigenvalue weighted by Crippen LogP contribution is -2.45. The van der Waals surface area contributed by atoms with Crippen molar-refractivity contribution in [3.8, 4) is 0 Å². The third-order valence-corrected chi connectivity index (χ3v) is 6.39. The lowest BCUT2D eigenvalue weighted by molar-refractivity contribution is -0.115. The first kappa shape index (κ1) is 23.2. The molecule has 2 aromatic carbocycles. The summed E-state index contributed by atoms with van der Waals surface area (Å²) in [6.45, 7) is 0. The Morgan fingerprint density at radius 2 is 1.83 bits per heavy atom. The monoisotopic (exact) mass is 483 g/mol. The summed E-state index contributed by atoms with van der Waals surface area (Å²) in [4.78, 5) is 44.9. The number of pyridine rings is 1. The van der Waals surface area contributed by atoms with Gasteiger partial charge in [0.1, 0.15) is 5.69 Å². The van der Waals surface area contributed by atoms with Gasteiger partial charge in [-0.3, -0.25) is 14.6 Å². The molecule has 36 heavy (non-hydrogen) atoms. The number of esters is 1. The molecule has 0 saturated heterocycles. The summed E-state index contributed by atoms with van der Waals surface area (Å²) in [7, 11) is 1.29. The topological polar surface area (TPSA) is 115 Å². The second kappa shape index (κ2) is 9.99. The first-order valence-electron chi connectivity index (χ1n) is 11.7. The van der Waals surface area contributed by atoms with Crippen LogP contribution in [0, 0.1) is 0 Å². The maximum atomic E-state index is 12.6. The number of methoxy groups -OCH3 is 1. The maximum absolute atomic E-state index is 12.6. The first-order chi connectivity index (χ1) is 17.5. The minimum Gasteiger partial charge on any atom is -0.465 e. The highest BCUT2D eigenvalue weighted by Gasteiger charge is 2.32. The van der Waals surface area contributed by atoms with Crippen molar-refractivity contribution >= 4 is 34.4 Å². The number of imidazole rings is 1. The van der Waals surface area contributed by atoms with Gasteiger partial charge in [0.2, 0.25) is 5.91 Å². The summed E-state index contributed by atoms with van der Waals surface area (Å²) in [6, 6.07) is 17.2. The molecule has 2 N–H and O–H groups in total. The van der Waals surface area contributed by atoms with Crippen molar-refractivity contribution in [2.75, 3.05) is 12.4 Å². The van der Waals surface area contributed by atoms with Crippen molar-refractivity contribution in [2.24, 2.45) is 0 Å². The molecule has 1 aliphatic carbocycles. The summed E-state index contributed by atoms with van der Waals surface area (Å²) >= 11 is 0. The summed E-state index contributed by atoms with van der Waals surface area (Å²) in [5.41, 5.74) is 1.50. The molecule has 1 aliphatic rings. The fourth-order valence-corrected chi connectivity index (χ4v) is 4.38. The molecule has 0 spiro atoms. The van der Waals surface area contributed by atoms with Gasteiger partial charge in [-0.15, -0.1) is 0 Å². The molecule has 2 heterocycles. The van der Waals surface area contributed by atoms with Crippen LogP contribution >= 0.6 is 0 Å². The third kappa shape index (κ3) is 4.95. The van der Waals surface area contributed by atoms with Crippen LogP contribution in [-0.2, 0) is 16.0 Å². The minimum absolute atomic E-state index is 0.0105. The molecule has 1 saturated carbocycles. The molecule has 9 heteroatoms. The Morgan fingerprint density at radius 3 is 2.61 bits per heavy atom. The Kier molecular flexibility index (Phi) is 6.44. The fraction of sp³-hybridized carbons (Fsp3) is 0.222. The van der Waals surface area contributed by atoms with Crippen LogP contribution in [0.4, 0.5) is 5.82 Å². The third-order valence-electron chi connectivity index (χ3n) is 6.39. The Morgan fingerprint density at radius 1 is 1.03 bits per heavy atom. The van der Waals surface area contributed by atoms with Crippen LogP contribution in [0.5, 0.6) is 0 Å². The number of carbonyl (C=O) groups excluding carboxylic acids is 3. The van der Waals surface area contributed by atoms with Gasteiger partial charge >= 0.3 is 5.97 Å². The number of fused-ring (bicyclic) bond motifs is 1. The van der Waals surface area contributed by atoms with Crippen LogP contribution in [0.2, 0.25) is 0 Å². The van der Waals surface area contributed by atoms with Gasteiger partial charge in [-0.05, 0) is 41.3 Å². The Hall–Kier alpha value is -4.53. The number of rotatable bonds is 7. The molecule has 9 nitrogen and oxygen atoms in total. The first-order valence-corrected chi connectivity index (χ1v) is 11.7. The number of nitrogens with zero attached hydrogens (tertiary/aromatic N) is 3. The van der Waals surface area contributed by atoms with Crippen molar-refractivity contribution in [2.45, 2.75) is 31.3 Å². The predicted molar refractivity (Wildman–Crippen MR) is 134 cm³/mol. The van der Waals surface area contributed by atoms with Gasteiger partial charge in [-0.2, -0.15) is 0 Å². The molecule has 1 fully saturated rings. The zero-order valence-electron chi connectivity index (χ0n) is 19.7. The van der Waals surface area contributed by atoms with Crippen molar-refractivity contribution in [1.82, 2.24) is 19.9 Å². The molecule has 182 valence electrons. The van der Waals surface area contributed by atoms with Crippen molar-refractivity contribution in [3.05, 3.63) is 90.1 Å². The summed E-state index contributed by atoms with van der Waals surface area (Å²) in [5, 5.41) is 8.00. The fourth-order valence-electron chi connectivity index (χ4n) is 4.38. The largest absolute Gasteiger partial charge is 0.465 e. The van der Waals surface area contributed by atoms with Crippen LogP contribution < -0.4 is 10.6 Å². The van der Waals surface area contributed by atoms with Gasteiger partial charge in [0, 0.05) is 24.5 Å². The molecular formula is C27H25N5O4. The Balaban J connectivity index is 1.12. The van der Waals surface area contributed by atoms with E-state index in [4.69, 9.17) is 0 Å². The van der Waals surface area contributed by atoms with Gasteiger partial charge in [0.15, 0.2) is 5.82 Å². The number of hydrogen-bond acceptors (Lipinski definition) is 6. The molecular weight excluding hydrogens is 458 g/mol. The molecule has 0 aliphatic heterocycles. The number of aromatic nitrogens is 3. The van der Waals surface area contributed by atoms with E-state index in [2.05, 4.69) is 25.3 Å². The zero-order chi connectivity index (χ0) is 25.1. The van der Waals surface area contributed by atoms with E-state index in [0.29, 0.717) is 5.82 Å².